The zero-order valence-electron chi connectivity index (χ0n) is 12.6. The minimum absolute atomic E-state index is 0.0808. The summed E-state index contributed by atoms with van der Waals surface area (Å²) in [5.41, 5.74) is 0.845. The second-order valence-electron chi connectivity index (χ2n) is 5.86. The van der Waals surface area contributed by atoms with Crippen molar-refractivity contribution in [2.24, 2.45) is 0 Å². The molecule has 1 fully saturated rings. The van der Waals surface area contributed by atoms with Gasteiger partial charge in [0, 0.05) is 32.4 Å². The molecule has 2 amide bonds. The minimum Gasteiger partial charge on any atom is -0.336 e. The minimum atomic E-state index is -3.26. The number of carbonyl (C=O) groups excluding carboxylic acids is 1. The predicted molar refractivity (Wildman–Crippen MR) is 80.7 cm³/mol. The number of carbonyl (C=O) groups is 1. The predicted octanol–water partition coefficient (Wildman–Crippen LogP) is 0.00480. The summed E-state index contributed by atoms with van der Waals surface area (Å²) < 4.78 is 26.9. The van der Waals surface area contributed by atoms with Gasteiger partial charge in [0.2, 0.25) is 10.0 Å². The summed E-state index contributed by atoms with van der Waals surface area (Å²) in [6.07, 6.45) is 4.96. The molecule has 9 heteroatoms. The summed E-state index contributed by atoms with van der Waals surface area (Å²) in [6.45, 7) is 2.61. The van der Waals surface area contributed by atoms with Gasteiger partial charge in [-0.3, -0.25) is 4.68 Å². The van der Waals surface area contributed by atoms with Crippen molar-refractivity contribution in [3.8, 4) is 0 Å². The second kappa shape index (κ2) is 5.88. The zero-order chi connectivity index (χ0) is 15.7. The van der Waals surface area contributed by atoms with E-state index >= 15 is 0 Å². The first kappa shape index (κ1) is 15.3. The molecule has 1 aromatic heterocycles. The summed E-state index contributed by atoms with van der Waals surface area (Å²) in [4.78, 5) is 13.9. The molecule has 1 N–H and O–H groups in total. The van der Waals surface area contributed by atoms with Crippen molar-refractivity contribution in [1.29, 1.82) is 0 Å². The molecule has 0 aromatic carbocycles. The Bertz CT molecular complexity index is 650. The van der Waals surface area contributed by atoms with Crippen LogP contribution in [0.5, 0.6) is 0 Å². The van der Waals surface area contributed by atoms with Crippen LogP contribution in [0.1, 0.15) is 24.6 Å². The van der Waals surface area contributed by atoms with Crippen LogP contribution in [-0.2, 0) is 16.6 Å². The number of nitrogens with one attached hydrogen (secondary N) is 1. The first-order valence-corrected chi connectivity index (χ1v) is 9.30. The molecular weight excluding hydrogens is 306 g/mol. The lowest BCUT2D eigenvalue weighted by atomic mass is 10.2. The number of likely N-dealkylation sites (tertiary alicyclic amines) is 1. The number of hydrogen-bond donors (Lipinski definition) is 1. The molecule has 0 radical (unpaired) electrons. The molecule has 3 rings (SSSR count). The fourth-order valence-electron chi connectivity index (χ4n) is 2.99. The highest BCUT2D eigenvalue weighted by molar-refractivity contribution is 7.88. The lowest BCUT2D eigenvalue weighted by Crippen LogP contribution is -2.47. The number of rotatable bonds is 3. The molecule has 1 saturated heterocycles. The number of sulfonamides is 1. The molecule has 2 aliphatic rings. The summed E-state index contributed by atoms with van der Waals surface area (Å²) in [7, 11) is -3.26. The fraction of sp³-hybridized carbons (Fsp3) is 0.692. The van der Waals surface area contributed by atoms with Crippen LogP contribution in [0.25, 0.3) is 0 Å². The molecule has 122 valence electrons. The second-order valence-corrected chi connectivity index (χ2v) is 7.84. The third kappa shape index (κ3) is 3.09. The Morgan fingerprint density at radius 2 is 2.14 bits per heavy atom. The smallest absolute Gasteiger partial charge is 0.317 e. The first-order valence-electron chi connectivity index (χ1n) is 7.45. The standard InChI is InChI=1S/C13H21N5O3S/c1-22(20,21)17-9-11-4-5-15-18(11)12(10-17)8-14-13(19)16-6-2-3-7-16/h4-5,12H,2-3,6-10H2,1H3,(H,14,19)/t12-/m1/s1. The summed E-state index contributed by atoms with van der Waals surface area (Å²) in [5.74, 6) is 0. The highest BCUT2D eigenvalue weighted by atomic mass is 32.2. The number of urea groups is 1. The maximum atomic E-state index is 12.1. The molecule has 0 aliphatic carbocycles. The molecule has 0 saturated carbocycles. The lowest BCUT2D eigenvalue weighted by molar-refractivity contribution is 0.201. The van der Waals surface area contributed by atoms with E-state index in [0.717, 1.165) is 31.6 Å². The van der Waals surface area contributed by atoms with Gasteiger partial charge in [0.1, 0.15) is 0 Å². The molecule has 22 heavy (non-hydrogen) atoms. The average molecular weight is 327 g/mol. The fourth-order valence-corrected chi connectivity index (χ4v) is 3.80. The molecule has 0 bridgehead atoms. The summed E-state index contributed by atoms with van der Waals surface area (Å²) >= 11 is 0. The van der Waals surface area contributed by atoms with Crippen LogP contribution in [0.3, 0.4) is 0 Å². The van der Waals surface area contributed by atoms with Gasteiger partial charge >= 0.3 is 6.03 Å². The molecule has 1 aromatic rings. The maximum absolute atomic E-state index is 12.1. The van der Waals surface area contributed by atoms with E-state index in [0.29, 0.717) is 19.6 Å². The van der Waals surface area contributed by atoms with Gasteiger partial charge in [-0.2, -0.15) is 9.40 Å². The Kier molecular flexibility index (Phi) is 4.09. The Labute approximate surface area is 130 Å². The van der Waals surface area contributed by atoms with Crippen molar-refractivity contribution < 1.29 is 13.2 Å². The van der Waals surface area contributed by atoms with Gasteiger partial charge in [-0.1, -0.05) is 0 Å². The van der Waals surface area contributed by atoms with Crippen LogP contribution < -0.4 is 5.32 Å². The number of amides is 2. The topological polar surface area (TPSA) is 87.5 Å². The van der Waals surface area contributed by atoms with E-state index in [4.69, 9.17) is 0 Å². The van der Waals surface area contributed by atoms with Crippen molar-refractivity contribution in [1.82, 2.24) is 24.3 Å². The van der Waals surface area contributed by atoms with Gasteiger partial charge in [0.05, 0.1) is 24.5 Å². The van der Waals surface area contributed by atoms with Crippen molar-refractivity contribution in [3.05, 3.63) is 18.0 Å². The molecule has 0 spiro atoms. The molecule has 8 nitrogen and oxygen atoms in total. The van der Waals surface area contributed by atoms with E-state index in [-0.39, 0.29) is 12.1 Å². The SMILES string of the molecule is CS(=O)(=O)N1Cc2ccnn2[C@H](CNC(=O)N2CCCC2)C1. The van der Waals surface area contributed by atoms with E-state index in [1.807, 2.05) is 10.7 Å². The first-order chi connectivity index (χ1) is 10.4. The third-order valence-electron chi connectivity index (χ3n) is 4.20. The normalized spacial score (nSPS) is 22.6. The van der Waals surface area contributed by atoms with Crippen LogP contribution in [-0.4, -0.2) is 65.9 Å². The van der Waals surface area contributed by atoms with Gasteiger partial charge in [0.15, 0.2) is 0 Å². The van der Waals surface area contributed by atoms with Crippen molar-refractivity contribution in [3.63, 3.8) is 0 Å². The quantitative estimate of drug-likeness (QED) is 0.847. The molecule has 1 atom stereocenters. The largest absolute Gasteiger partial charge is 0.336 e. The number of nitrogens with zero attached hydrogens (tertiary/aromatic N) is 4. The van der Waals surface area contributed by atoms with E-state index in [9.17, 15) is 13.2 Å². The maximum Gasteiger partial charge on any atom is 0.317 e. The van der Waals surface area contributed by atoms with E-state index in [1.165, 1.54) is 10.6 Å². The number of aromatic nitrogens is 2. The average Bonchev–Trinajstić information content (AvgIpc) is 3.13. The van der Waals surface area contributed by atoms with Gasteiger partial charge < -0.3 is 10.2 Å². The zero-order valence-corrected chi connectivity index (χ0v) is 13.4. The Balaban J connectivity index is 1.68. The molecule has 0 unspecified atom stereocenters. The Morgan fingerprint density at radius 3 is 2.82 bits per heavy atom. The lowest BCUT2D eigenvalue weighted by Gasteiger charge is -2.32. The van der Waals surface area contributed by atoms with Gasteiger partial charge in [-0.25, -0.2) is 13.2 Å². The van der Waals surface area contributed by atoms with Gasteiger partial charge in [0.25, 0.3) is 0 Å². The number of hydrogen-bond acceptors (Lipinski definition) is 4. The van der Waals surface area contributed by atoms with Crippen molar-refractivity contribution >= 4 is 16.1 Å². The third-order valence-corrected chi connectivity index (χ3v) is 5.42. The van der Waals surface area contributed by atoms with Gasteiger partial charge in [-0.15, -0.1) is 0 Å². The van der Waals surface area contributed by atoms with Crippen LogP contribution in [0.2, 0.25) is 0 Å². The van der Waals surface area contributed by atoms with Crippen LogP contribution in [0.4, 0.5) is 4.79 Å². The molecule has 3 heterocycles. The Morgan fingerprint density at radius 1 is 1.41 bits per heavy atom. The van der Waals surface area contributed by atoms with Crippen LogP contribution >= 0.6 is 0 Å². The summed E-state index contributed by atoms with van der Waals surface area (Å²) in [6, 6.07) is 1.55. The van der Waals surface area contributed by atoms with Crippen molar-refractivity contribution in [2.75, 3.05) is 32.4 Å². The highest BCUT2D eigenvalue weighted by Crippen LogP contribution is 2.21. The van der Waals surface area contributed by atoms with E-state index in [2.05, 4.69) is 10.4 Å². The summed E-state index contributed by atoms with van der Waals surface area (Å²) in [5, 5.41) is 7.16. The van der Waals surface area contributed by atoms with E-state index in [1.54, 1.807) is 11.1 Å². The Hall–Kier alpha value is -1.61. The molecule has 2 aliphatic heterocycles. The number of fused-ring (bicyclic) bond motifs is 1. The highest BCUT2D eigenvalue weighted by Gasteiger charge is 2.31. The van der Waals surface area contributed by atoms with E-state index < -0.39 is 10.0 Å². The monoisotopic (exact) mass is 327 g/mol. The van der Waals surface area contributed by atoms with Crippen LogP contribution in [0.15, 0.2) is 12.3 Å². The molecular formula is C13H21N5O3S. The van der Waals surface area contributed by atoms with Crippen LogP contribution in [0, 0.1) is 0 Å². The van der Waals surface area contributed by atoms with Crippen molar-refractivity contribution in [2.45, 2.75) is 25.4 Å². The van der Waals surface area contributed by atoms with Gasteiger partial charge in [-0.05, 0) is 18.9 Å².